The second-order valence-electron chi connectivity index (χ2n) is 12.2. The van der Waals surface area contributed by atoms with Crippen LogP contribution in [0.4, 0.5) is 10.1 Å². The minimum Gasteiger partial charge on any atom is -0.481 e. The molecule has 3 aromatic rings. The van der Waals surface area contributed by atoms with E-state index in [1.165, 1.54) is 23.5 Å². The Morgan fingerprint density at radius 1 is 1.09 bits per heavy atom. The molecule has 9 nitrogen and oxygen atoms in total. The van der Waals surface area contributed by atoms with E-state index in [2.05, 4.69) is 10.2 Å². The monoisotopic (exact) mass is 657 g/mol. The van der Waals surface area contributed by atoms with Gasteiger partial charge in [0.25, 0.3) is 5.91 Å². The lowest BCUT2D eigenvalue weighted by Gasteiger charge is -2.42. The van der Waals surface area contributed by atoms with Crippen molar-refractivity contribution in [1.82, 2.24) is 9.80 Å². The zero-order chi connectivity index (χ0) is 31.7. The minimum atomic E-state index is -0.758. The molecular formula is C33H37ClFN3O6S. The van der Waals surface area contributed by atoms with Gasteiger partial charge in [-0.05, 0) is 55.9 Å². The maximum Gasteiger partial charge on any atom is 0.306 e. The Kier molecular flexibility index (Phi) is 9.72. The number of ether oxygens (including phenoxy) is 2. The van der Waals surface area contributed by atoms with Crippen molar-refractivity contribution in [3.63, 3.8) is 0 Å². The van der Waals surface area contributed by atoms with E-state index in [4.69, 9.17) is 21.1 Å². The van der Waals surface area contributed by atoms with Crippen LogP contribution in [0.1, 0.15) is 48.0 Å². The molecule has 240 valence electrons. The van der Waals surface area contributed by atoms with Gasteiger partial charge in [0.15, 0.2) is 0 Å². The molecule has 2 aliphatic heterocycles. The highest BCUT2D eigenvalue weighted by Gasteiger charge is 2.42. The van der Waals surface area contributed by atoms with Crippen LogP contribution in [-0.4, -0.2) is 90.3 Å². The number of carboxylic acid groups (broad SMARTS) is 1. The molecule has 3 heterocycles. The molecular weight excluding hydrogens is 621 g/mol. The summed E-state index contributed by atoms with van der Waals surface area (Å²) in [6, 6.07) is 10.1. The average Bonchev–Trinajstić information content (AvgIpc) is 3.63. The van der Waals surface area contributed by atoms with Crippen molar-refractivity contribution in [3.8, 4) is 0 Å². The number of carbonyl (C=O) groups excluding carboxylic acids is 2. The van der Waals surface area contributed by atoms with E-state index in [9.17, 15) is 19.5 Å². The van der Waals surface area contributed by atoms with Gasteiger partial charge in [-0.1, -0.05) is 29.8 Å². The summed E-state index contributed by atoms with van der Waals surface area (Å²) < 4.78 is 28.0. The maximum absolute atomic E-state index is 15.4. The number of hydrogen-bond donors (Lipinski definition) is 2. The SMILES string of the molecule is COC1CN([C@H]2CC(CO[C@H]3CC[C@H](C(=O)O)CC3)N(C(=O)Cc3cc(Cl)c(NC(=O)c4csc5ccccc45)cc3F)C2)C1. The van der Waals surface area contributed by atoms with Crippen molar-refractivity contribution in [1.29, 1.82) is 0 Å². The number of nitrogens with zero attached hydrogens (tertiary/aromatic N) is 2. The second kappa shape index (κ2) is 13.7. The van der Waals surface area contributed by atoms with Gasteiger partial charge >= 0.3 is 5.97 Å². The summed E-state index contributed by atoms with van der Waals surface area (Å²) in [4.78, 5) is 42.1. The maximum atomic E-state index is 15.4. The molecule has 0 radical (unpaired) electrons. The molecule has 2 saturated heterocycles. The third kappa shape index (κ3) is 7.02. The van der Waals surface area contributed by atoms with Crippen LogP contribution in [0.25, 0.3) is 10.1 Å². The highest BCUT2D eigenvalue weighted by molar-refractivity contribution is 7.17. The Bertz CT molecular complexity index is 1570. The molecule has 0 spiro atoms. The average molecular weight is 658 g/mol. The van der Waals surface area contributed by atoms with Crippen molar-refractivity contribution >= 4 is 56.5 Å². The van der Waals surface area contributed by atoms with Crippen LogP contribution in [-0.2, 0) is 25.5 Å². The van der Waals surface area contributed by atoms with Gasteiger partial charge in [0.05, 0.1) is 53.5 Å². The van der Waals surface area contributed by atoms with Gasteiger partial charge in [-0.3, -0.25) is 19.3 Å². The number of likely N-dealkylation sites (tertiary alicyclic amines) is 2. The van der Waals surface area contributed by atoms with Gasteiger partial charge in [-0.2, -0.15) is 0 Å². The highest BCUT2D eigenvalue weighted by atomic mass is 35.5. The highest BCUT2D eigenvalue weighted by Crippen LogP contribution is 2.33. The fourth-order valence-corrected chi connectivity index (χ4v) is 7.86. The lowest BCUT2D eigenvalue weighted by atomic mass is 9.87. The first kappa shape index (κ1) is 31.9. The number of benzene rings is 2. The van der Waals surface area contributed by atoms with Crippen LogP contribution in [0.5, 0.6) is 0 Å². The topological polar surface area (TPSA) is 108 Å². The molecule has 6 rings (SSSR count). The van der Waals surface area contributed by atoms with Gasteiger partial charge in [0.2, 0.25) is 5.91 Å². The van der Waals surface area contributed by atoms with Crippen LogP contribution >= 0.6 is 22.9 Å². The number of methoxy groups -OCH3 is 1. The number of rotatable bonds is 10. The van der Waals surface area contributed by atoms with Crippen LogP contribution in [0, 0.1) is 11.7 Å². The number of aliphatic carboxylic acids is 1. The largest absolute Gasteiger partial charge is 0.481 e. The first-order valence-corrected chi connectivity index (χ1v) is 16.6. The smallest absolute Gasteiger partial charge is 0.306 e. The van der Waals surface area contributed by atoms with Gasteiger partial charge < -0.3 is 24.8 Å². The minimum absolute atomic E-state index is 0.0374. The van der Waals surface area contributed by atoms with Crippen molar-refractivity contribution < 1.29 is 33.4 Å². The number of halogens is 2. The molecule has 3 aliphatic rings. The number of hydrogen-bond acceptors (Lipinski definition) is 7. The normalized spacial score (nSPS) is 24.1. The number of amides is 2. The lowest BCUT2D eigenvalue weighted by molar-refractivity contribution is -0.144. The number of carbonyl (C=O) groups is 3. The number of thiophene rings is 1. The van der Waals surface area contributed by atoms with E-state index in [1.807, 2.05) is 24.3 Å². The molecule has 12 heteroatoms. The van der Waals surface area contributed by atoms with Crippen molar-refractivity contribution in [3.05, 3.63) is 63.7 Å². The third-order valence-corrected chi connectivity index (χ3v) is 10.7. The number of fused-ring (bicyclic) bond motifs is 1. The molecule has 2 amide bonds. The molecule has 2 aromatic carbocycles. The van der Waals surface area contributed by atoms with Crippen molar-refractivity contribution in [2.75, 3.05) is 38.7 Å². The Morgan fingerprint density at radius 3 is 2.58 bits per heavy atom. The summed E-state index contributed by atoms with van der Waals surface area (Å²) in [5.41, 5.74) is 0.779. The van der Waals surface area contributed by atoms with Gasteiger partial charge in [0, 0.05) is 48.3 Å². The van der Waals surface area contributed by atoms with Crippen molar-refractivity contribution in [2.24, 2.45) is 5.92 Å². The van der Waals surface area contributed by atoms with Crippen molar-refractivity contribution in [2.45, 2.75) is 62.8 Å². The van der Waals surface area contributed by atoms with Crippen LogP contribution in [0.3, 0.4) is 0 Å². The fourth-order valence-electron chi connectivity index (χ4n) is 6.69. The van der Waals surface area contributed by atoms with E-state index in [1.54, 1.807) is 17.4 Å². The Labute approximate surface area is 270 Å². The Morgan fingerprint density at radius 2 is 1.84 bits per heavy atom. The van der Waals surface area contributed by atoms with Gasteiger partial charge in [0.1, 0.15) is 5.82 Å². The van der Waals surface area contributed by atoms with E-state index in [0.717, 1.165) is 29.6 Å². The predicted molar refractivity (Wildman–Crippen MR) is 171 cm³/mol. The zero-order valence-corrected chi connectivity index (χ0v) is 26.6. The predicted octanol–water partition coefficient (Wildman–Crippen LogP) is 5.45. The molecule has 1 aliphatic carbocycles. The Balaban J connectivity index is 1.11. The van der Waals surface area contributed by atoms with E-state index < -0.39 is 11.8 Å². The standard InChI is InChI=1S/C33H37ClFN3O6S/c1-43-24-15-37(16-24)21-12-22(17-44-23-8-6-19(7-9-23)33(41)42)38(14-21)31(39)11-20-10-27(34)29(13-28(20)35)36-32(40)26-18-45-30-5-3-2-4-25(26)30/h2-5,10,13,18-19,21-24H,6-9,11-12,14-17H2,1H3,(H,36,40)(H,41,42)/t19-,21-,22?,23-/m0/s1. The fraction of sp³-hybridized carbons (Fsp3) is 0.485. The van der Waals surface area contributed by atoms with Gasteiger partial charge in [-0.15, -0.1) is 11.3 Å². The summed E-state index contributed by atoms with van der Waals surface area (Å²) in [6.07, 6.45) is 3.23. The number of anilines is 1. The molecule has 45 heavy (non-hydrogen) atoms. The van der Waals surface area contributed by atoms with Crippen LogP contribution in [0.2, 0.25) is 5.02 Å². The quantitative estimate of drug-likeness (QED) is 0.299. The first-order chi connectivity index (χ1) is 21.7. The number of carboxylic acids is 1. The van der Waals surface area contributed by atoms with Crippen LogP contribution < -0.4 is 5.32 Å². The van der Waals surface area contributed by atoms with Crippen LogP contribution in [0.15, 0.2) is 41.8 Å². The first-order valence-electron chi connectivity index (χ1n) is 15.4. The molecule has 0 bridgehead atoms. The van der Waals surface area contributed by atoms with E-state index >= 15 is 4.39 Å². The molecule has 2 atom stereocenters. The molecule has 2 N–H and O–H groups in total. The summed E-state index contributed by atoms with van der Waals surface area (Å²) in [5, 5.41) is 14.7. The zero-order valence-electron chi connectivity index (χ0n) is 25.0. The number of nitrogens with one attached hydrogen (secondary N) is 1. The van der Waals surface area contributed by atoms with E-state index in [-0.39, 0.29) is 64.7 Å². The van der Waals surface area contributed by atoms with E-state index in [0.29, 0.717) is 44.4 Å². The molecule has 1 saturated carbocycles. The van der Waals surface area contributed by atoms with Gasteiger partial charge in [-0.25, -0.2) is 4.39 Å². The Hall–Kier alpha value is -3.09. The molecule has 1 unspecified atom stereocenters. The summed E-state index contributed by atoms with van der Waals surface area (Å²) in [6.45, 7) is 2.45. The lowest BCUT2D eigenvalue weighted by Crippen LogP contribution is -2.56. The summed E-state index contributed by atoms with van der Waals surface area (Å²) in [7, 11) is 1.70. The molecule has 1 aromatic heterocycles. The third-order valence-electron chi connectivity index (χ3n) is 9.44. The summed E-state index contributed by atoms with van der Waals surface area (Å²) in [5.74, 6) is -2.31. The summed E-state index contributed by atoms with van der Waals surface area (Å²) >= 11 is 7.95. The second-order valence-corrected chi connectivity index (χ2v) is 13.6. The molecule has 3 fully saturated rings.